The monoisotopic (exact) mass is 570 g/mol. The summed E-state index contributed by atoms with van der Waals surface area (Å²) in [4.78, 5) is 17.8. The molecule has 0 saturated heterocycles. The molecule has 0 radical (unpaired) electrons. The van der Waals surface area contributed by atoms with Crippen LogP contribution >= 0.6 is 0 Å². The van der Waals surface area contributed by atoms with Crippen molar-refractivity contribution in [2.45, 2.75) is 39.5 Å². The molecule has 4 aromatic heterocycles. The second-order valence-corrected chi connectivity index (χ2v) is 10.2. The maximum absolute atomic E-state index is 5.71. The van der Waals surface area contributed by atoms with Crippen molar-refractivity contribution in [2.24, 2.45) is 0 Å². The molecular weight excluding hydrogens is 528 g/mol. The van der Waals surface area contributed by atoms with Gasteiger partial charge < -0.3 is 18.9 Å². The number of aryl methyl sites for hydroxylation is 4. The number of ether oxygens (including phenoxy) is 4. The lowest BCUT2D eigenvalue weighted by atomic mass is 10.1. The van der Waals surface area contributed by atoms with Crippen LogP contribution in [0.5, 0.6) is 0 Å². The van der Waals surface area contributed by atoms with Gasteiger partial charge >= 0.3 is 0 Å². The minimum Gasteiger partial charge on any atom is -0.379 e. The summed E-state index contributed by atoms with van der Waals surface area (Å²) < 4.78 is 22.6. The first-order chi connectivity index (χ1) is 20.7. The SMILES string of the molecule is Cc1ccnc(-c2cc(CCCOCCOCCOCCOCCCc3ccnc(-c4cc(C)ccn4)c3)ccn2)c1. The lowest BCUT2D eigenvalue weighted by molar-refractivity contribution is -0.00216. The van der Waals surface area contributed by atoms with E-state index >= 15 is 0 Å². The second-order valence-electron chi connectivity index (χ2n) is 10.2. The van der Waals surface area contributed by atoms with Crippen molar-refractivity contribution in [3.63, 3.8) is 0 Å². The average Bonchev–Trinajstić information content (AvgIpc) is 3.01. The number of aromatic nitrogens is 4. The molecule has 0 aromatic carbocycles. The van der Waals surface area contributed by atoms with Crippen LogP contribution < -0.4 is 0 Å². The number of nitrogens with zero attached hydrogens (tertiary/aromatic N) is 4. The molecule has 222 valence electrons. The third kappa shape index (κ3) is 11.4. The first kappa shape index (κ1) is 31.4. The Morgan fingerprint density at radius 1 is 0.429 bits per heavy atom. The van der Waals surface area contributed by atoms with Crippen LogP contribution in [0.25, 0.3) is 22.8 Å². The number of pyridine rings is 4. The van der Waals surface area contributed by atoms with E-state index in [-0.39, 0.29) is 0 Å². The van der Waals surface area contributed by atoms with Gasteiger partial charge in [0, 0.05) is 38.0 Å². The summed E-state index contributed by atoms with van der Waals surface area (Å²) in [5.41, 5.74) is 8.47. The minimum atomic E-state index is 0.552. The van der Waals surface area contributed by atoms with E-state index in [2.05, 4.69) is 70.2 Å². The van der Waals surface area contributed by atoms with E-state index in [4.69, 9.17) is 18.9 Å². The van der Waals surface area contributed by atoms with Gasteiger partial charge in [-0.1, -0.05) is 0 Å². The molecule has 0 N–H and O–H groups in total. The van der Waals surface area contributed by atoms with Gasteiger partial charge in [0.2, 0.25) is 0 Å². The molecule has 0 unspecified atom stereocenters. The van der Waals surface area contributed by atoms with E-state index < -0.39 is 0 Å². The zero-order valence-electron chi connectivity index (χ0n) is 24.8. The predicted molar refractivity (Wildman–Crippen MR) is 164 cm³/mol. The van der Waals surface area contributed by atoms with E-state index in [1.54, 1.807) is 0 Å². The molecule has 8 nitrogen and oxygen atoms in total. The molecule has 0 saturated carbocycles. The first-order valence-corrected chi connectivity index (χ1v) is 14.7. The normalized spacial score (nSPS) is 11.2. The number of rotatable bonds is 19. The van der Waals surface area contributed by atoms with Gasteiger partial charge in [-0.2, -0.15) is 0 Å². The molecule has 0 spiro atoms. The van der Waals surface area contributed by atoms with Gasteiger partial charge in [-0.3, -0.25) is 19.9 Å². The molecule has 8 heteroatoms. The predicted octanol–water partition coefficient (Wildman–Crippen LogP) is 5.85. The molecule has 0 amide bonds. The summed E-state index contributed by atoms with van der Waals surface area (Å²) in [5.74, 6) is 0. The maximum Gasteiger partial charge on any atom is 0.0888 e. The smallest absolute Gasteiger partial charge is 0.0888 e. The highest BCUT2D eigenvalue weighted by atomic mass is 16.6. The van der Waals surface area contributed by atoms with Gasteiger partial charge in [-0.25, -0.2) is 0 Å². The summed E-state index contributed by atoms with van der Waals surface area (Å²) in [6.45, 7) is 8.92. The summed E-state index contributed by atoms with van der Waals surface area (Å²) in [6, 6.07) is 16.4. The van der Waals surface area contributed by atoms with Crippen LogP contribution in [0, 0.1) is 13.8 Å². The molecule has 42 heavy (non-hydrogen) atoms. The van der Waals surface area contributed by atoms with Crippen molar-refractivity contribution in [1.29, 1.82) is 0 Å². The maximum atomic E-state index is 5.71. The number of hydrogen-bond acceptors (Lipinski definition) is 8. The van der Waals surface area contributed by atoms with Gasteiger partial charge in [-0.15, -0.1) is 0 Å². The summed E-state index contributed by atoms with van der Waals surface area (Å²) in [6.07, 6.45) is 11.1. The van der Waals surface area contributed by atoms with Crippen LogP contribution in [0.2, 0.25) is 0 Å². The highest BCUT2D eigenvalue weighted by Crippen LogP contribution is 2.18. The fraction of sp³-hybridized carbons (Fsp3) is 0.412. The Kier molecular flexibility index (Phi) is 13.5. The fourth-order valence-electron chi connectivity index (χ4n) is 4.41. The molecular formula is C34H42N4O4. The summed E-state index contributed by atoms with van der Waals surface area (Å²) in [7, 11) is 0. The van der Waals surface area contributed by atoms with Crippen LogP contribution in [-0.2, 0) is 31.8 Å². The van der Waals surface area contributed by atoms with Crippen molar-refractivity contribution in [3.05, 3.63) is 95.6 Å². The van der Waals surface area contributed by atoms with Crippen molar-refractivity contribution >= 4 is 0 Å². The minimum absolute atomic E-state index is 0.552. The molecule has 0 fully saturated rings. The van der Waals surface area contributed by atoms with Gasteiger partial charge in [0.25, 0.3) is 0 Å². The molecule has 4 rings (SSSR count). The zero-order chi connectivity index (χ0) is 29.2. The van der Waals surface area contributed by atoms with E-state index in [0.29, 0.717) is 52.9 Å². The highest BCUT2D eigenvalue weighted by Gasteiger charge is 2.04. The molecule has 4 heterocycles. The van der Waals surface area contributed by atoms with E-state index in [1.165, 1.54) is 22.3 Å². The lowest BCUT2D eigenvalue weighted by Gasteiger charge is -2.08. The van der Waals surface area contributed by atoms with Crippen molar-refractivity contribution in [1.82, 2.24) is 19.9 Å². The third-order valence-electron chi connectivity index (χ3n) is 6.63. The van der Waals surface area contributed by atoms with Gasteiger partial charge in [0.1, 0.15) is 0 Å². The summed E-state index contributed by atoms with van der Waals surface area (Å²) >= 11 is 0. The lowest BCUT2D eigenvalue weighted by Crippen LogP contribution is -2.12. The molecule has 0 aliphatic heterocycles. The van der Waals surface area contributed by atoms with Gasteiger partial charge in [0.05, 0.1) is 62.4 Å². The van der Waals surface area contributed by atoms with Crippen molar-refractivity contribution in [3.8, 4) is 22.8 Å². The second kappa shape index (κ2) is 18.1. The quantitative estimate of drug-likeness (QED) is 0.130. The fourth-order valence-corrected chi connectivity index (χ4v) is 4.41. The van der Waals surface area contributed by atoms with Crippen LogP contribution in [0.15, 0.2) is 73.3 Å². The largest absolute Gasteiger partial charge is 0.379 e. The van der Waals surface area contributed by atoms with Crippen LogP contribution in [-0.4, -0.2) is 72.8 Å². The Balaban J connectivity index is 0.942. The van der Waals surface area contributed by atoms with Crippen molar-refractivity contribution < 1.29 is 18.9 Å². The Labute approximate surface area is 249 Å². The van der Waals surface area contributed by atoms with E-state index in [1.807, 2.05) is 36.9 Å². The average molecular weight is 571 g/mol. The van der Waals surface area contributed by atoms with Crippen LogP contribution in [0.1, 0.15) is 35.1 Å². The highest BCUT2D eigenvalue weighted by molar-refractivity contribution is 5.56. The Morgan fingerprint density at radius 2 is 0.762 bits per heavy atom. The molecule has 0 aliphatic carbocycles. The number of hydrogen-bond donors (Lipinski definition) is 0. The van der Waals surface area contributed by atoms with Gasteiger partial charge in [-0.05, 0) is 110 Å². The molecule has 0 atom stereocenters. The molecule has 0 bridgehead atoms. The van der Waals surface area contributed by atoms with Crippen LogP contribution in [0.3, 0.4) is 0 Å². The molecule has 4 aromatic rings. The Bertz CT molecular complexity index is 1250. The Hall–Kier alpha value is -3.56. The van der Waals surface area contributed by atoms with Gasteiger partial charge in [0.15, 0.2) is 0 Å². The topological polar surface area (TPSA) is 88.5 Å². The first-order valence-electron chi connectivity index (χ1n) is 14.7. The zero-order valence-corrected chi connectivity index (χ0v) is 24.8. The Morgan fingerprint density at radius 3 is 1.14 bits per heavy atom. The van der Waals surface area contributed by atoms with Crippen LogP contribution in [0.4, 0.5) is 0 Å². The standard InChI is InChI=1S/C34H42N4O4/c1-27-7-11-35-31(23-27)33-25-29(9-13-37-33)5-3-15-39-17-19-41-21-22-42-20-18-40-16-4-6-30-10-14-38-34(26-30)32-24-28(2)8-12-36-32/h7-14,23-26H,3-6,15-22H2,1-2H3. The van der Waals surface area contributed by atoms with E-state index in [0.717, 1.165) is 48.5 Å². The van der Waals surface area contributed by atoms with E-state index in [9.17, 15) is 0 Å². The third-order valence-corrected chi connectivity index (χ3v) is 6.63. The summed E-state index contributed by atoms with van der Waals surface area (Å²) in [5, 5.41) is 0. The molecule has 0 aliphatic rings. The van der Waals surface area contributed by atoms with Crippen molar-refractivity contribution in [2.75, 3.05) is 52.9 Å².